The molecule has 0 saturated carbocycles. The Hall–Kier alpha value is -3.37. The molecule has 1 saturated heterocycles. The van der Waals surface area contributed by atoms with E-state index in [2.05, 4.69) is 25.2 Å². The van der Waals surface area contributed by atoms with Crippen molar-refractivity contribution in [3.05, 3.63) is 59.1 Å². The van der Waals surface area contributed by atoms with E-state index in [9.17, 15) is 4.79 Å². The number of hydrogen-bond acceptors (Lipinski definition) is 9. The van der Waals surface area contributed by atoms with Crippen LogP contribution in [0, 0.1) is 6.92 Å². The number of hydrogen-bond donors (Lipinski definition) is 0. The summed E-state index contributed by atoms with van der Waals surface area (Å²) in [4.78, 5) is 26.6. The number of nitrogens with zero attached hydrogens (tertiary/aromatic N) is 6. The average molecular weight is 465 g/mol. The van der Waals surface area contributed by atoms with E-state index in [0.29, 0.717) is 55.9 Å². The highest BCUT2D eigenvalue weighted by Gasteiger charge is 2.23. The van der Waals surface area contributed by atoms with Crippen molar-refractivity contribution in [3.8, 4) is 22.1 Å². The molecule has 33 heavy (non-hydrogen) atoms. The van der Waals surface area contributed by atoms with E-state index in [1.807, 2.05) is 53.6 Å². The van der Waals surface area contributed by atoms with Crippen LogP contribution in [-0.2, 0) is 17.8 Å². The minimum atomic E-state index is 0.102. The molecule has 1 aliphatic heterocycles. The summed E-state index contributed by atoms with van der Waals surface area (Å²) in [6.07, 6.45) is 0.802. The number of rotatable bonds is 7. The van der Waals surface area contributed by atoms with Gasteiger partial charge in [-0.05, 0) is 18.4 Å². The smallest absolute Gasteiger partial charge is 0.241 e. The fourth-order valence-corrected chi connectivity index (χ4v) is 4.37. The van der Waals surface area contributed by atoms with Crippen LogP contribution in [0.3, 0.4) is 0 Å². The van der Waals surface area contributed by atoms with Gasteiger partial charge in [0.2, 0.25) is 29.3 Å². The molecule has 0 aliphatic carbocycles. The number of aryl methyl sites for hydroxylation is 2. The van der Waals surface area contributed by atoms with Gasteiger partial charge in [0.1, 0.15) is 0 Å². The summed E-state index contributed by atoms with van der Waals surface area (Å²) >= 11 is 1.56. The molecule has 0 bridgehead atoms. The molecular formula is C23H24N6O3S. The van der Waals surface area contributed by atoms with E-state index in [-0.39, 0.29) is 5.91 Å². The van der Waals surface area contributed by atoms with Crippen LogP contribution in [0.5, 0.6) is 0 Å². The van der Waals surface area contributed by atoms with Gasteiger partial charge in [0.15, 0.2) is 0 Å². The topological polar surface area (TPSA) is 101 Å². The molecule has 5 rings (SSSR count). The first kappa shape index (κ1) is 21.5. The first-order valence-electron chi connectivity index (χ1n) is 10.9. The maximum absolute atomic E-state index is 12.6. The summed E-state index contributed by atoms with van der Waals surface area (Å²) in [6.45, 7) is 5.48. The van der Waals surface area contributed by atoms with E-state index >= 15 is 0 Å². The van der Waals surface area contributed by atoms with Crippen LogP contribution >= 0.6 is 11.3 Å². The Kier molecular flexibility index (Phi) is 6.27. The number of carbonyl (C=O) groups is 1. The predicted molar refractivity (Wildman–Crippen MR) is 122 cm³/mol. The molecule has 1 aliphatic rings. The number of carbonyl (C=O) groups excluding carboxylic acids is 1. The molecule has 0 unspecified atom stereocenters. The molecule has 170 valence electrons. The fraction of sp³-hybridized carbons (Fsp3) is 0.348. The maximum atomic E-state index is 12.6. The minimum Gasteiger partial charge on any atom is -0.340 e. The van der Waals surface area contributed by atoms with Gasteiger partial charge in [0, 0.05) is 44.6 Å². The first-order valence-corrected chi connectivity index (χ1v) is 11.8. The number of thiophene rings is 1. The van der Waals surface area contributed by atoms with Crippen molar-refractivity contribution in [1.82, 2.24) is 30.1 Å². The van der Waals surface area contributed by atoms with Crippen LogP contribution in [0.25, 0.3) is 22.1 Å². The monoisotopic (exact) mass is 464 g/mol. The van der Waals surface area contributed by atoms with Crippen LogP contribution < -0.4 is 0 Å². The van der Waals surface area contributed by atoms with Gasteiger partial charge >= 0.3 is 0 Å². The van der Waals surface area contributed by atoms with Crippen molar-refractivity contribution in [1.29, 1.82) is 0 Å². The van der Waals surface area contributed by atoms with E-state index in [1.54, 1.807) is 11.3 Å². The maximum Gasteiger partial charge on any atom is 0.241 e. The molecule has 1 aromatic carbocycles. The minimum absolute atomic E-state index is 0.102. The molecular weight excluding hydrogens is 440 g/mol. The third-order valence-corrected chi connectivity index (χ3v) is 6.49. The highest BCUT2D eigenvalue weighted by atomic mass is 32.1. The largest absolute Gasteiger partial charge is 0.340 e. The van der Waals surface area contributed by atoms with Crippen molar-refractivity contribution in [2.75, 3.05) is 26.2 Å². The van der Waals surface area contributed by atoms with Crippen LogP contribution in [0.15, 0.2) is 50.8 Å². The van der Waals surface area contributed by atoms with Crippen molar-refractivity contribution in [2.45, 2.75) is 26.3 Å². The molecule has 0 N–H and O–H groups in total. The zero-order chi connectivity index (χ0) is 22.6. The highest BCUT2D eigenvalue weighted by Crippen LogP contribution is 2.22. The lowest BCUT2D eigenvalue weighted by Gasteiger charge is -2.33. The van der Waals surface area contributed by atoms with Gasteiger partial charge in [-0.2, -0.15) is 9.97 Å². The summed E-state index contributed by atoms with van der Waals surface area (Å²) in [7, 11) is 0. The lowest BCUT2D eigenvalue weighted by atomic mass is 10.1. The summed E-state index contributed by atoms with van der Waals surface area (Å²) in [5, 5.41) is 10.1. The number of benzene rings is 1. The summed E-state index contributed by atoms with van der Waals surface area (Å²) in [6, 6.07) is 11.9. The standard InChI is InChI=1S/C23H24N6O3S/c1-16-4-6-17(7-5-16)22-25-20(32-26-22)15-28-10-12-29(13-11-28)21(30)9-8-19-24-23(27-31-19)18-3-2-14-33-18/h2-7,14H,8-13,15H2,1H3. The normalized spacial score (nSPS) is 14.6. The Bertz CT molecular complexity index is 1190. The summed E-state index contributed by atoms with van der Waals surface area (Å²) in [5.41, 5.74) is 2.13. The Labute approximate surface area is 195 Å². The van der Waals surface area contributed by atoms with Crippen LogP contribution in [0.1, 0.15) is 23.8 Å². The number of amides is 1. The zero-order valence-corrected chi connectivity index (χ0v) is 19.1. The molecule has 3 aromatic heterocycles. The van der Waals surface area contributed by atoms with Crippen LogP contribution in [0.4, 0.5) is 0 Å². The molecule has 0 atom stereocenters. The summed E-state index contributed by atoms with van der Waals surface area (Å²) in [5.74, 6) is 2.36. The average Bonchev–Trinajstić information content (AvgIpc) is 3.60. The van der Waals surface area contributed by atoms with Crippen LogP contribution in [-0.4, -0.2) is 62.2 Å². The molecule has 4 heterocycles. The second kappa shape index (κ2) is 9.63. The molecule has 0 spiro atoms. The van der Waals surface area contributed by atoms with Gasteiger partial charge < -0.3 is 13.9 Å². The van der Waals surface area contributed by atoms with Gasteiger partial charge in [-0.15, -0.1) is 11.3 Å². The Morgan fingerprint density at radius 3 is 2.45 bits per heavy atom. The van der Waals surface area contributed by atoms with Crippen molar-refractivity contribution in [2.24, 2.45) is 0 Å². The molecule has 9 nitrogen and oxygen atoms in total. The quantitative estimate of drug-likeness (QED) is 0.410. The third-order valence-electron chi connectivity index (χ3n) is 5.62. The zero-order valence-electron chi connectivity index (χ0n) is 18.3. The first-order chi connectivity index (χ1) is 16.1. The van der Waals surface area contributed by atoms with Gasteiger partial charge in [0.25, 0.3) is 0 Å². The third kappa shape index (κ3) is 5.18. The van der Waals surface area contributed by atoms with Gasteiger partial charge in [0.05, 0.1) is 11.4 Å². The molecule has 10 heteroatoms. The molecule has 1 amide bonds. The van der Waals surface area contributed by atoms with Crippen molar-refractivity contribution >= 4 is 17.2 Å². The Morgan fingerprint density at radius 2 is 1.70 bits per heavy atom. The second-order valence-corrected chi connectivity index (χ2v) is 8.97. The van der Waals surface area contributed by atoms with Crippen LogP contribution in [0.2, 0.25) is 0 Å². The lowest BCUT2D eigenvalue weighted by molar-refractivity contribution is -0.133. The van der Waals surface area contributed by atoms with E-state index in [1.165, 1.54) is 5.56 Å². The number of piperazine rings is 1. The Balaban J connectivity index is 1.08. The molecule has 1 fully saturated rings. The van der Waals surface area contributed by atoms with Gasteiger partial charge in [-0.25, -0.2) is 0 Å². The summed E-state index contributed by atoms with van der Waals surface area (Å²) < 4.78 is 10.7. The lowest BCUT2D eigenvalue weighted by Crippen LogP contribution is -2.48. The fourth-order valence-electron chi connectivity index (χ4n) is 3.72. The second-order valence-electron chi connectivity index (χ2n) is 8.02. The number of aromatic nitrogens is 4. The SMILES string of the molecule is Cc1ccc(-c2noc(CN3CCN(C(=O)CCc4nc(-c5cccs5)no4)CC3)n2)cc1. The Morgan fingerprint density at radius 1 is 0.970 bits per heavy atom. The highest BCUT2D eigenvalue weighted by molar-refractivity contribution is 7.13. The van der Waals surface area contributed by atoms with Gasteiger partial charge in [-0.1, -0.05) is 46.2 Å². The van der Waals surface area contributed by atoms with E-state index < -0.39 is 0 Å². The van der Waals surface area contributed by atoms with Crippen molar-refractivity contribution in [3.63, 3.8) is 0 Å². The van der Waals surface area contributed by atoms with Crippen molar-refractivity contribution < 1.29 is 13.8 Å². The molecule has 0 radical (unpaired) electrons. The van der Waals surface area contributed by atoms with E-state index in [0.717, 1.165) is 23.5 Å². The van der Waals surface area contributed by atoms with Gasteiger partial charge in [-0.3, -0.25) is 9.69 Å². The predicted octanol–water partition coefficient (Wildman–Crippen LogP) is 3.43. The molecule has 4 aromatic rings. The van der Waals surface area contributed by atoms with E-state index in [4.69, 9.17) is 9.05 Å².